The molecular weight excluding hydrogens is 287 g/mol. The van der Waals surface area contributed by atoms with Gasteiger partial charge < -0.3 is 10.8 Å². The van der Waals surface area contributed by atoms with Crippen molar-refractivity contribution in [3.05, 3.63) is 29.8 Å². The molecule has 1 aromatic rings. The minimum atomic E-state index is -0.931. The summed E-state index contributed by atoms with van der Waals surface area (Å²) in [4.78, 5) is 10.3. The summed E-state index contributed by atoms with van der Waals surface area (Å²) in [5.74, 6) is -0.931. The Bertz CT molecular complexity index is 245. The summed E-state index contributed by atoms with van der Waals surface area (Å²) >= 11 is 0. The summed E-state index contributed by atoms with van der Waals surface area (Å²) in [6.45, 7) is 0. The van der Waals surface area contributed by atoms with Gasteiger partial charge in [0.1, 0.15) is 0 Å². The van der Waals surface area contributed by atoms with E-state index in [1.165, 1.54) is 12.1 Å². The van der Waals surface area contributed by atoms with Crippen LogP contribution in [-0.2, 0) is 0 Å². The van der Waals surface area contributed by atoms with Crippen molar-refractivity contribution in [2.24, 2.45) is 0 Å². The van der Waals surface area contributed by atoms with Gasteiger partial charge in [0.05, 0.1) is 5.56 Å². The quantitative estimate of drug-likeness (QED) is 0.759. The van der Waals surface area contributed by atoms with E-state index in [-0.39, 0.29) is 45.5 Å². The van der Waals surface area contributed by atoms with Crippen LogP contribution in [0.3, 0.4) is 0 Å². The van der Waals surface area contributed by atoms with E-state index in [1.807, 2.05) is 0 Å². The summed E-state index contributed by atoms with van der Waals surface area (Å²) in [5.41, 5.74) is 6.17. The Morgan fingerprint density at radius 2 is 1.73 bits per heavy atom. The van der Waals surface area contributed by atoms with Gasteiger partial charge in [-0.15, -0.1) is 0 Å². The molecule has 0 fully saturated rings. The molecule has 0 bridgehead atoms. The van der Waals surface area contributed by atoms with Gasteiger partial charge in [-0.05, 0) is 24.3 Å². The molecule has 60 valence electrons. The van der Waals surface area contributed by atoms with Crippen LogP contribution in [0.4, 0.5) is 5.69 Å². The molecule has 0 radical (unpaired) electrons. The molecular formula is C7H7GdNO2. The normalized spacial score (nSPS) is 8.36. The average Bonchev–Trinajstić information content (AvgIpc) is 1.88. The Morgan fingerprint density at radius 1 is 1.27 bits per heavy atom. The van der Waals surface area contributed by atoms with Crippen molar-refractivity contribution in [2.45, 2.75) is 0 Å². The zero-order valence-electron chi connectivity index (χ0n) is 5.60. The van der Waals surface area contributed by atoms with Crippen LogP contribution in [0.5, 0.6) is 0 Å². The maximum absolute atomic E-state index is 10.3. The molecule has 0 saturated heterocycles. The van der Waals surface area contributed by atoms with Crippen molar-refractivity contribution >= 4 is 11.7 Å². The van der Waals surface area contributed by atoms with E-state index in [2.05, 4.69) is 0 Å². The summed E-state index contributed by atoms with van der Waals surface area (Å²) in [6.07, 6.45) is 0. The van der Waals surface area contributed by atoms with Crippen LogP contribution in [0, 0.1) is 39.9 Å². The second-order valence-electron chi connectivity index (χ2n) is 1.93. The first-order valence-corrected chi connectivity index (χ1v) is 2.79. The van der Waals surface area contributed by atoms with Gasteiger partial charge in [-0.1, -0.05) is 0 Å². The Balaban J connectivity index is 0.000001000. The number of nitrogen functional groups attached to an aromatic ring is 1. The predicted molar refractivity (Wildman–Crippen MR) is 37.8 cm³/mol. The van der Waals surface area contributed by atoms with Crippen molar-refractivity contribution in [3.63, 3.8) is 0 Å². The first kappa shape index (κ1) is 10.8. The largest absolute Gasteiger partial charge is 0.478 e. The molecule has 3 N–H and O–H groups in total. The van der Waals surface area contributed by atoms with Crippen molar-refractivity contribution in [1.29, 1.82) is 0 Å². The van der Waals surface area contributed by atoms with Crippen LogP contribution in [0.15, 0.2) is 24.3 Å². The molecule has 11 heavy (non-hydrogen) atoms. The van der Waals surface area contributed by atoms with E-state index in [4.69, 9.17) is 10.8 Å². The van der Waals surface area contributed by atoms with Crippen LogP contribution in [0.25, 0.3) is 0 Å². The standard InChI is InChI=1S/C7H7NO2.Gd/c8-6-3-1-5(2-4-6)7(9)10;/h1-4H,8H2,(H,9,10);. The average molecular weight is 294 g/mol. The first-order chi connectivity index (χ1) is 4.70. The third kappa shape index (κ3) is 3.14. The van der Waals surface area contributed by atoms with Gasteiger partial charge in [-0.2, -0.15) is 0 Å². The molecule has 4 heteroatoms. The van der Waals surface area contributed by atoms with E-state index < -0.39 is 5.97 Å². The zero-order valence-corrected chi connectivity index (χ0v) is 7.86. The molecule has 1 aromatic carbocycles. The van der Waals surface area contributed by atoms with E-state index in [0.29, 0.717) is 5.69 Å². The van der Waals surface area contributed by atoms with Crippen LogP contribution >= 0.6 is 0 Å². The summed E-state index contributed by atoms with van der Waals surface area (Å²) < 4.78 is 0. The number of benzene rings is 1. The second-order valence-corrected chi connectivity index (χ2v) is 1.93. The first-order valence-electron chi connectivity index (χ1n) is 2.79. The number of aromatic carboxylic acids is 1. The van der Waals surface area contributed by atoms with Crippen LogP contribution in [0.1, 0.15) is 10.4 Å². The molecule has 0 aliphatic rings. The number of carboxylic acids is 1. The van der Waals surface area contributed by atoms with Crippen LogP contribution in [0.2, 0.25) is 0 Å². The third-order valence-corrected chi connectivity index (χ3v) is 1.16. The van der Waals surface area contributed by atoms with E-state index in [1.54, 1.807) is 12.1 Å². The number of anilines is 1. The molecule has 0 spiro atoms. The number of carboxylic acid groups (broad SMARTS) is 1. The van der Waals surface area contributed by atoms with Crippen molar-refractivity contribution in [2.75, 3.05) is 5.73 Å². The molecule has 0 heterocycles. The number of rotatable bonds is 1. The fourth-order valence-electron chi connectivity index (χ4n) is 0.626. The number of hydrogen-bond donors (Lipinski definition) is 2. The molecule has 0 atom stereocenters. The smallest absolute Gasteiger partial charge is 0.335 e. The van der Waals surface area contributed by atoms with Gasteiger partial charge in [0, 0.05) is 45.6 Å². The topological polar surface area (TPSA) is 63.3 Å². The third-order valence-electron chi connectivity index (χ3n) is 1.16. The monoisotopic (exact) mass is 295 g/mol. The van der Waals surface area contributed by atoms with Gasteiger partial charge in [0.25, 0.3) is 0 Å². The SMILES string of the molecule is Nc1ccc(C(=O)O)cc1.[Gd]. The second kappa shape index (κ2) is 4.64. The summed E-state index contributed by atoms with van der Waals surface area (Å²) in [5, 5.41) is 8.43. The van der Waals surface area contributed by atoms with Gasteiger partial charge in [-0.3, -0.25) is 0 Å². The Kier molecular flexibility index (Phi) is 4.57. The molecule has 0 unspecified atom stereocenters. The molecule has 3 nitrogen and oxygen atoms in total. The van der Waals surface area contributed by atoms with Gasteiger partial charge >= 0.3 is 5.97 Å². The van der Waals surface area contributed by atoms with E-state index >= 15 is 0 Å². The van der Waals surface area contributed by atoms with E-state index in [0.717, 1.165) is 0 Å². The van der Waals surface area contributed by atoms with Crippen LogP contribution in [-0.4, -0.2) is 11.1 Å². The molecule has 0 amide bonds. The minimum absolute atomic E-state index is 0. The fourth-order valence-corrected chi connectivity index (χ4v) is 0.626. The van der Waals surface area contributed by atoms with Gasteiger partial charge in [0.2, 0.25) is 0 Å². The van der Waals surface area contributed by atoms with Crippen molar-refractivity contribution in [1.82, 2.24) is 0 Å². The molecule has 0 aliphatic heterocycles. The maximum atomic E-state index is 10.3. The Morgan fingerprint density at radius 3 is 2.09 bits per heavy atom. The maximum Gasteiger partial charge on any atom is 0.335 e. The molecule has 1 rings (SSSR count). The van der Waals surface area contributed by atoms with Gasteiger partial charge in [-0.25, -0.2) is 4.79 Å². The number of carbonyl (C=O) groups is 1. The number of hydrogen-bond acceptors (Lipinski definition) is 2. The van der Waals surface area contributed by atoms with Crippen LogP contribution < -0.4 is 5.73 Å². The summed E-state index contributed by atoms with van der Waals surface area (Å²) in [6, 6.07) is 6.06. The fraction of sp³-hybridized carbons (Fsp3) is 0. The van der Waals surface area contributed by atoms with Crippen molar-refractivity contribution < 1.29 is 49.8 Å². The molecule has 0 aromatic heterocycles. The molecule has 0 saturated carbocycles. The van der Waals surface area contributed by atoms with Gasteiger partial charge in [0.15, 0.2) is 0 Å². The Hall–Kier alpha value is -0.185. The van der Waals surface area contributed by atoms with E-state index in [9.17, 15) is 4.79 Å². The minimum Gasteiger partial charge on any atom is -0.478 e. The predicted octanol–water partition coefficient (Wildman–Crippen LogP) is 0.967. The zero-order chi connectivity index (χ0) is 7.56. The Labute approximate surface area is 96.3 Å². The van der Waals surface area contributed by atoms with Crippen molar-refractivity contribution in [3.8, 4) is 0 Å². The number of nitrogens with two attached hydrogens (primary N) is 1. The molecule has 0 aliphatic carbocycles. The summed E-state index contributed by atoms with van der Waals surface area (Å²) in [7, 11) is 0.